The van der Waals surface area contributed by atoms with Crippen molar-refractivity contribution in [1.82, 2.24) is 19.9 Å². The Morgan fingerprint density at radius 1 is 1.03 bits per heavy atom. The van der Waals surface area contributed by atoms with Crippen LogP contribution in [0.2, 0.25) is 0 Å². The van der Waals surface area contributed by atoms with E-state index in [0.717, 1.165) is 60.4 Å². The number of amides is 2. The fourth-order valence-corrected chi connectivity index (χ4v) is 6.03. The minimum atomic E-state index is 0.0222. The topological polar surface area (TPSA) is 82.8 Å². The molecule has 1 aromatic carbocycles. The normalized spacial score (nSPS) is 20.5. The van der Waals surface area contributed by atoms with Gasteiger partial charge in [0.25, 0.3) is 0 Å². The van der Waals surface area contributed by atoms with Gasteiger partial charge in [-0.15, -0.1) is 0 Å². The summed E-state index contributed by atoms with van der Waals surface area (Å²) >= 11 is 0. The third-order valence-electron chi connectivity index (χ3n) is 8.09. The Morgan fingerprint density at radius 2 is 1.82 bits per heavy atom. The van der Waals surface area contributed by atoms with E-state index >= 15 is 0 Å². The SMILES string of the molecule is CC(=O)N1CCC2CCCC(CN(C(=O)Cc3c(C)noc3C)Cc3ccccc31)N2Cc1ccccn1. The average Bonchev–Trinajstić information content (AvgIpc) is 3.22. The van der Waals surface area contributed by atoms with Crippen LogP contribution in [0.1, 0.15) is 60.9 Å². The van der Waals surface area contributed by atoms with Gasteiger partial charge in [0.2, 0.25) is 11.8 Å². The number of pyridine rings is 1. The summed E-state index contributed by atoms with van der Waals surface area (Å²) in [6.45, 7) is 7.82. The molecule has 0 radical (unpaired) electrons. The molecule has 1 fully saturated rings. The van der Waals surface area contributed by atoms with E-state index in [9.17, 15) is 9.59 Å². The van der Waals surface area contributed by atoms with Crippen molar-refractivity contribution >= 4 is 17.5 Å². The van der Waals surface area contributed by atoms with Gasteiger partial charge in [-0.3, -0.25) is 19.5 Å². The first-order valence-electron chi connectivity index (χ1n) is 13.6. The molecule has 38 heavy (non-hydrogen) atoms. The van der Waals surface area contributed by atoms with E-state index in [0.29, 0.717) is 31.4 Å². The second kappa shape index (κ2) is 11.5. The summed E-state index contributed by atoms with van der Waals surface area (Å²) in [5.74, 6) is 0.753. The number of carbonyl (C=O) groups excluding carboxylic acids is 2. The lowest BCUT2D eigenvalue weighted by atomic mass is 9.92. The standard InChI is InChI=1S/C30H37N5O3/c1-21-28(22(2)38-32-21)17-30(37)33-18-24-9-4-5-13-29(24)34(23(3)36)16-14-26-11-8-12-27(20-33)35(26)19-25-10-6-7-15-31-25/h4-7,9-10,13,15,26-27H,8,11-12,14,16-20H2,1-3H3. The van der Waals surface area contributed by atoms with Gasteiger partial charge in [-0.2, -0.15) is 0 Å². The molecule has 8 heteroatoms. The van der Waals surface area contributed by atoms with Crippen molar-refractivity contribution in [2.45, 2.75) is 78.0 Å². The number of fused-ring (bicyclic) bond motifs is 3. The van der Waals surface area contributed by atoms with E-state index in [2.05, 4.69) is 21.1 Å². The molecule has 3 aromatic rings. The summed E-state index contributed by atoms with van der Waals surface area (Å²) < 4.78 is 5.35. The van der Waals surface area contributed by atoms with E-state index < -0.39 is 0 Å². The van der Waals surface area contributed by atoms with E-state index in [1.54, 1.807) is 6.92 Å². The van der Waals surface area contributed by atoms with Crippen molar-refractivity contribution in [3.05, 3.63) is 76.9 Å². The number of rotatable bonds is 4. The highest BCUT2D eigenvalue weighted by Gasteiger charge is 2.35. The quantitative estimate of drug-likeness (QED) is 0.511. The van der Waals surface area contributed by atoms with E-state index in [4.69, 9.17) is 4.52 Å². The molecule has 8 nitrogen and oxygen atoms in total. The van der Waals surface area contributed by atoms with Gasteiger partial charge in [-0.05, 0) is 56.9 Å². The molecule has 5 rings (SSSR count). The Bertz CT molecular complexity index is 1250. The van der Waals surface area contributed by atoms with Gasteiger partial charge in [0.05, 0.1) is 17.8 Å². The first kappa shape index (κ1) is 26.1. The second-order valence-electron chi connectivity index (χ2n) is 10.6. The molecule has 4 heterocycles. The molecule has 2 aromatic heterocycles. The zero-order valence-electron chi connectivity index (χ0n) is 22.6. The maximum Gasteiger partial charge on any atom is 0.227 e. The summed E-state index contributed by atoms with van der Waals surface area (Å²) in [6, 6.07) is 14.5. The molecule has 0 spiro atoms. The van der Waals surface area contributed by atoms with Crippen molar-refractivity contribution in [2.24, 2.45) is 0 Å². The number of anilines is 1. The Kier molecular flexibility index (Phi) is 7.88. The largest absolute Gasteiger partial charge is 0.361 e. The third-order valence-corrected chi connectivity index (χ3v) is 8.09. The van der Waals surface area contributed by atoms with Crippen LogP contribution in [0.25, 0.3) is 0 Å². The number of piperidine rings is 1. The lowest BCUT2D eigenvalue weighted by Gasteiger charge is -2.44. The van der Waals surface area contributed by atoms with Gasteiger partial charge in [0.15, 0.2) is 0 Å². The lowest BCUT2D eigenvalue weighted by molar-refractivity contribution is -0.132. The van der Waals surface area contributed by atoms with Crippen LogP contribution in [0, 0.1) is 13.8 Å². The summed E-state index contributed by atoms with van der Waals surface area (Å²) in [7, 11) is 0. The molecule has 0 N–H and O–H groups in total. The van der Waals surface area contributed by atoms with Gasteiger partial charge in [-0.25, -0.2) is 0 Å². The average molecular weight is 516 g/mol. The monoisotopic (exact) mass is 515 g/mol. The first-order valence-corrected chi connectivity index (χ1v) is 13.6. The van der Waals surface area contributed by atoms with Crippen molar-refractivity contribution in [3.63, 3.8) is 0 Å². The number of aryl methyl sites for hydroxylation is 2. The predicted molar refractivity (Wildman–Crippen MR) is 145 cm³/mol. The summed E-state index contributed by atoms with van der Waals surface area (Å²) in [4.78, 5) is 37.8. The van der Waals surface area contributed by atoms with Crippen LogP contribution in [-0.2, 0) is 29.1 Å². The maximum absolute atomic E-state index is 13.9. The number of hydrogen-bond acceptors (Lipinski definition) is 6. The highest BCUT2D eigenvalue weighted by atomic mass is 16.5. The van der Waals surface area contributed by atoms with E-state index in [-0.39, 0.29) is 24.3 Å². The predicted octanol–water partition coefficient (Wildman–Crippen LogP) is 4.44. The summed E-state index contributed by atoms with van der Waals surface area (Å²) in [5.41, 5.74) is 4.52. The van der Waals surface area contributed by atoms with Crippen LogP contribution < -0.4 is 4.90 Å². The number of carbonyl (C=O) groups is 2. The lowest BCUT2D eigenvalue weighted by Crippen LogP contribution is -2.52. The van der Waals surface area contributed by atoms with Crippen LogP contribution >= 0.6 is 0 Å². The molecule has 2 amide bonds. The number of benzene rings is 1. The Balaban J connectivity index is 1.53. The van der Waals surface area contributed by atoms with Crippen LogP contribution in [0.4, 0.5) is 5.69 Å². The summed E-state index contributed by atoms with van der Waals surface area (Å²) in [6.07, 6.45) is 6.17. The van der Waals surface area contributed by atoms with Crippen LogP contribution in [0.15, 0.2) is 53.2 Å². The fraction of sp³-hybridized carbons (Fsp3) is 0.467. The fourth-order valence-electron chi connectivity index (χ4n) is 6.03. The zero-order valence-corrected chi connectivity index (χ0v) is 22.6. The van der Waals surface area contributed by atoms with Gasteiger partial charge in [0, 0.05) is 62.6 Å². The molecule has 2 atom stereocenters. The molecule has 2 aliphatic heterocycles. The van der Waals surface area contributed by atoms with E-state index in [1.807, 2.05) is 66.2 Å². The van der Waals surface area contributed by atoms with Crippen molar-refractivity contribution in [1.29, 1.82) is 0 Å². The Labute approximate surface area is 224 Å². The minimum Gasteiger partial charge on any atom is -0.361 e. The maximum atomic E-state index is 13.9. The van der Waals surface area contributed by atoms with Crippen LogP contribution in [-0.4, -0.2) is 56.9 Å². The van der Waals surface area contributed by atoms with E-state index in [1.165, 1.54) is 0 Å². The second-order valence-corrected chi connectivity index (χ2v) is 10.6. The Hall–Kier alpha value is -3.52. The molecule has 0 saturated carbocycles. The highest BCUT2D eigenvalue weighted by molar-refractivity contribution is 5.92. The molecule has 1 saturated heterocycles. The van der Waals surface area contributed by atoms with Gasteiger partial charge in [0.1, 0.15) is 5.76 Å². The van der Waals surface area contributed by atoms with Crippen LogP contribution in [0.5, 0.6) is 0 Å². The molecule has 2 bridgehead atoms. The zero-order chi connectivity index (χ0) is 26.6. The molecule has 0 aliphatic carbocycles. The minimum absolute atomic E-state index is 0.0222. The van der Waals surface area contributed by atoms with Crippen molar-refractivity contribution in [2.75, 3.05) is 18.0 Å². The summed E-state index contributed by atoms with van der Waals surface area (Å²) in [5, 5.41) is 4.06. The first-order chi connectivity index (χ1) is 18.4. The molecule has 200 valence electrons. The molecule has 2 unspecified atom stereocenters. The number of nitrogens with zero attached hydrogens (tertiary/aromatic N) is 5. The number of hydrogen-bond donors (Lipinski definition) is 0. The van der Waals surface area contributed by atoms with Crippen molar-refractivity contribution < 1.29 is 14.1 Å². The highest BCUT2D eigenvalue weighted by Crippen LogP contribution is 2.31. The van der Waals surface area contributed by atoms with Crippen LogP contribution in [0.3, 0.4) is 0 Å². The molecular weight excluding hydrogens is 478 g/mol. The van der Waals surface area contributed by atoms with Gasteiger partial charge >= 0.3 is 0 Å². The third kappa shape index (κ3) is 5.65. The van der Waals surface area contributed by atoms with Gasteiger partial charge in [-0.1, -0.05) is 35.8 Å². The number of aromatic nitrogens is 2. The van der Waals surface area contributed by atoms with Crippen molar-refractivity contribution in [3.8, 4) is 0 Å². The molecule has 2 aliphatic rings. The number of para-hydroxylation sites is 1. The van der Waals surface area contributed by atoms with Gasteiger partial charge < -0.3 is 14.3 Å². The molecular formula is C30H37N5O3. The Morgan fingerprint density at radius 3 is 2.55 bits per heavy atom. The smallest absolute Gasteiger partial charge is 0.227 e.